The van der Waals surface area contributed by atoms with Crippen LogP contribution in [0.5, 0.6) is 5.75 Å². The quantitative estimate of drug-likeness (QED) is 0.859. The molecule has 0 aliphatic rings. The molecule has 0 aromatic heterocycles. The lowest BCUT2D eigenvalue weighted by Gasteiger charge is -2.08. The second-order valence-corrected chi connectivity index (χ2v) is 5.27. The van der Waals surface area contributed by atoms with Crippen molar-refractivity contribution >= 4 is 40.4 Å². The second kappa shape index (κ2) is 6.24. The molecular weight excluding hydrogens is 301 g/mol. The van der Waals surface area contributed by atoms with Crippen LogP contribution in [0.25, 0.3) is 0 Å². The van der Waals surface area contributed by atoms with Gasteiger partial charge in [-0.1, -0.05) is 59.7 Å². The molecule has 0 heterocycles. The Balaban J connectivity index is 2.03. The Morgan fingerprint density at radius 1 is 1.05 bits per heavy atom. The first kappa shape index (κ1) is 14.1. The van der Waals surface area contributed by atoms with Crippen molar-refractivity contribution in [1.82, 2.24) is 0 Å². The van der Waals surface area contributed by atoms with E-state index in [0.717, 1.165) is 11.1 Å². The lowest BCUT2D eigenvalue weighted by atomic mass is 10.1. The van der Waals surface area contributed by atoms with Crippen molar-refractivity contribution < 1.29 is 4.74 Å². The Morgan fingerprint density at radius 2 is 1.63 bits per heavy atom. The smallest absolute Gasteiger partial charge is 0.122 e. The third-order valence-corrected chi connectivity index (χ3v) is 3.15. The van der Waals surface area contributed by atoms with Crippen molar-refractivity contribution in [2.75, 3.05) is 0 Å². The lowest BCUT2D eigenvalue weighted by Crippen LogP contribution is -2.09. The van der Waals surface area contributed by atoms with Gasteiger partial charge in [-0.25, -0.2) is 0 Å². The third kappa shape index (κ3) is 4.10. The second-order valence-electron chi connectivity index (χ2n) is 3.96. The van der Waals surface area contributed by atoms with Gasteiger partial charge >= 0.3 is 0 Å². The maximum Gasteiger partial charge on any atom is 0.122 e. The molecule has 2 aromatic rings. The average Bonchev–Trinajstić information content (AvgIpc) is 2.36. The van der Waals surface area contributed by atoms with Crippen LogP contribution in [0.1, 0.15) is 11.1 Å². The van der Waals surface area contributed by atoms with Crippen LogP contribution in [0.15, 0.2) is 42.5 Å². The molecule has 0 aliphatic carbocycles. The van der Waals surface area contributed by atoms with Gasteiger partial charge in [-0.2, -0.15) is 0 Å². The fraction of sp³-hybridized carbons (Fsp3) is 0.0714. The molecule has 2 rings (SSSR count). The minimum atomic E-state index is 0.383. The summed E-state index contributed by atoms with van der Waals surface area (Å²) in [5.41, 5.74) is 7.38. The Kier molecular flexibility index (Phi) is 4.64. The topological polar surface area (TPSA) is 35.2 Å². The van der Waals surface area contributed by atoms with E-state index in [1.54, 1.807) is 18.2 Å². The van der Waals surface area contributed by atoms with Gasteiger partial charge < -0.3 is 10.5 Å². The van der Waals surface area contributed by atoms with Gasteiger partial charge in [0.15, 0.2) is 0 Å². The Hall–Kier alpha value is -1.29. The van der Waals surface area contributed by atoms with Crippen LogP contribution in [-0.2, 0) is 6.61 Å². The van der Waals surface area contributed by atoms with Gasteiger partial charge in [0.05, 0.1) is 0 Å². The van der Waals surface area contributed by atoms with E-state index in [4.69, 9.17) is 45.9 Å². The van der Waals surface area contributed by atoms with Crippen molar-refractivity contribution in [1.29, 1.82) is 0 Å². The summed E-state index contributed by atoms with van der Waals surface area (Å²) in [4.78, 5) is 0.383. The summed E-state index contributed by atoms with van der Waals surface area (Å²) in [5.74, 6) is 0.635. The lowest BCUT2D eigenvalue weighted by molar-refractivity contribution is 0.306. The molecule has 0 spiro atoms. The molecule has 0 saturated carbocycles. The molecule has 2 aromatic carbocycles. The van der Waals surface area contributed by atoms with Crippen LogP contribution >= 0.6 is 35.4 Å². The van der Waals surface area contributed by atoms with E-state index in [1.165, 1.54) is 0 Å². The molecule has 0 bridgehead atoms. The van der Waals surface area contributed by atoms with Gasteiger partial charge in [0, 0.05) is 15.6 Å². The van der Waals surface area contributed by atoms with Crippen molar-refractivity contribution in [3.05, 3.63) is 63.6 Å². The van der Waals surface area contributed by atoms with Crippen molar-refractivity contribution in [2.24, 2.45) is 5.73 Å². The maximum atomic E-state index is 5.89. The maximum absolute atomic E-state index is 5.89. The standard InChI is InChI=1S/C14H11Cl2NOS/c15-11-5-12(16)7-13(6-11)18-8-9-1-3-10(4-2-9)14(17)19/h1-7H,8H2,(H2,17,19). The first-order valence-corrected chi connectivity index (χ1v) is 6.68. The predicted octanol–water partition coefficient (Wildman–Crippen LogP) is 4.21. The van der Waals surface area contributed by atoms with E-state index in [0.29, 0.717) is 27.4 Å². The highest BCUT2D eigenvalue weighted by molar-refractivity contribution is 7.80. The molecule has 0 radical (unpaired) electrons. The molecule has 0 amide bonds. The highest BCUT2D eigenvalue weighted by Crippen LogP contribution is 2.24. The van der Waals surface area contributed by atoms with Gasteiger partial charge in [-0.3, -0.25) is 0 Å². The summed E-state index contributed by atoms with van der Waals surface area (Å²) in [7, 11) is 0. The van der Waals surface area contributed by atoms with Gasteiger partial charge in [-0.15, -0.1) is 0 Å². The van der Waals surface area contributed by atoms with E-state index in [2.05, 4.69) is 0 Å². The molecule has 98 valence electrons. The number of thiocarbonyl (C=S) groups is 1. The molecule has 0 atom stereocenters. The molecule has 2 nitrogen and oxygen atoms in total. The van der Waals surface area contributed by atoms with E-state index < -0.39 is 0 Å². The van der Waals surface area contributed by atoms with Gasteiger partial charge in [-0.05, 0) is 23.8 Å². The summed E-state index contributed by atoms with van der Waals surface area (Å²) in [6.45, 7) is 0.425. The van der Waals surface area contributed by atoms with Gasteiger partial charge in [0.25, 0.3) is 0 Å². The van der Waals surface area contributed by atoms with Crippen molar-refractivity contribution in [3.8, 4) is 5.75 Å². The van der Waals surface area contributed by atoms with Crippen LogP contribution in [0.4, 0.5) is 0 Å². The third-order valence-electron chi connectivity index (χ3n) is 2.48. The molecule has 0 saturated heterocycles. The van der Waals surface area contributed by atoms with E-state index in [-0.39, 0.29) is 0 Å². The number of benzene rings is 2. The van der Waals surface area contributed by atoms with Crippen LogP contribution < -0.4 is 10.5 Å². The Bertz CT molecular complexity index is 579. The normalized spacial score (nSPS) is 10.2. The Morgan fingerprint density at radius 3 is 2.16 bits per heavy atom. The fourth-order valence-corrected chi connectivity index (χ4v) is 2.19. The summed E-state index contributed by atoms with van der Waals surface area (Å²) in [6.07, 6.45) is 0. The molecule has 0 aliphatic heterocycles. The van der Waals surface area contributed by atoms with E-state index >= 15 is 0 Å². The number of hydrogen-bond donors (Lipinski definition) is 1. The highest BCUT2D eigenvalue weighted by Gasteiger charge is 2.01. The van der Waals surface area contributed by atoms with Crippen LogP contribution in [0, 0.1) is 0 Å². The summed E-state index contributed by atoms with van der Waals surface area (Å²) >= 11 is 16.7. The van der Waals surface area contributed by atoms with E-state index in [9.17, 15) is 0 Å². The first-order valence-electron chi connectivity index (χ1n) is 5.52. The monoisotopic (exact) mass is 311 g/mol. The molecule has 5 heteroatoms. The minimum absolute atomic E-state index is 0.383. The number of hydrogen-bond acceptors (Lipinski definition) is 2. The van der Waals surface area contributed by atoms with Crippen LogP contribution in [0.3, 0.4) is 0 Å². The first-order chi connectivity index (χ1) is 9.04. The molecule has 2 N–H and O–H groups in total. The molecule has 0 fully saturated rings. The number of ether oxygens (including phenoxy) is 1. The molecule has 19 heavy (non-hydrogen) atoms. The summed E-state index contributed by atoms with van der Waals surface area (Å²) in [6, 6.07) is 12.7. The largest absolute Gasteiger partial charge is 0.489 e. The minimum Gasteiger partial charge on any atom is -0.489 e. The summed E-state index contributed by atoms with van der Waals surface area (Å²) in [5, 5.41) is 1.10. The zero-order valence-electron chi connectivity index (χ0n) is 9.90. The van der Waals surface area contributed by atoms with E-state index in [1.807, 2.05) is 24.3 Å². The fourth-order valence-electron chi connectivity index (χ4n) is 1.54. The number of halogens is 2. The molecule has 0 unspecified atom stereocenters. The zero-order chi connectivity index (χ0) is 13.8. The number of rotatable bonds is 4. The predicted molar refractivity (Wildman–Crippen MR) is 83.1 cm³/mol. The SMILES string of the molecule is NC(=S)c1ccc(COc2cc(Cl)cc(Cl)c2)cc1. The zero-order valence-corrected chi connectivity index (χ0v) is 12.2. The van der Waals surface area contributed by atoms with Gasteiger partial charge in [0.2, 0.25) is 0 Å². The molecular formula is C14H11Cl2NOS. The van der Waals surface area contributed by atoms with Crippen LogP contribution in [0.2, 0.25) is 10.0 Å². The number of nitrogens with two attached hydrogens (primary N) is 1. The highest BCUT2D eigenvalue weighted by atomic mass is 35.5. The van der Waals surface area contributed by atoms with Crippen LogP contribution in [-0.4, -0.2) is 4.99 Å². The van der Waals surface area contributed by atoms with Crippen molar-refractivity contribution in [3.63, 3.8) is 0 Å². The Labute approximate surface area is 127 Å². The summed E-state index contributed by atoms with van der Waals surface area (Å²) < 4.78 is 5.62. The van der Waals surface area contributed by atoms with Gasteiger partial charge in [0.1, 0.15) is 17.3 Å². The van der Waals surface area contributed by atoms with Crippen molar-refractivity contribution in [2.45, 2.75) is 6.61 Å². The average molecular weight is 312 g/mol.